The summed E-state index contributed by atoms with van der Waals surface area (Å²) in [6.07, 6.45) is -1.56. The van der Waals surface area contributed by atoms with Gasteiger partial charge in [-0.25, -0.2) is 4.79 Å². The van der Waals surface area contributed by atoms with Crippen LogP contribution in [0.15, 0.2) is 24.3 Å². The van der Waals surface area contributed by atoms with Gasteiger partial charge in [-0.15, -0.1) is 0 Å². The number of carbonyl (C=O) groups excluding carboxylic acids is 1. The molecule has 1 rings (SSSR count). The molecule has 0 aliphatic rings. The first-order valence-electron chi connectivity index (χ1n) is 5.60. The van der Waals surface area contributed by atoms with Crippen LogP contribution in [0.25, 0.3) is 0 Å². The van der Waals surface area contributed by atoms with Gasteiger partial charge in [-0.05, 0) is 17.5 Å². The van der Waals surface area contributed by atoms with Crippen LogP contribution in [-0.2, 0) is 22.4 Å². The van der Waals surface area contributed by atoms with Crippen LogP contribution in [0, 0.1) is 0 Å². The monoisotopic (exact) mass is 238 g/mol. The van der Waals surface area contributed by atoms with Crippen LogP contribution in [-0.4, -0.2) is 35.5 Å². The van der Waals surface area contributed by atoms with Gasteiger partial charge in [0.1, 0.15) is 0 Å². The van der Waals surface area contributed by atoms with Gasteiger partial charge in [0.2, 0.25) is 0 Å². The predicted molar refractivity (Wildman–Crippen MR) is 63.6 cm³/mol. The number of aryl methyl sites for hydroxylation is 1. The van der Waals surface area contributed by atoms with Crippen molar-refractivity contribution in [2.75, 3.05) is 7.11 Å². The molecule has 0 heterocycles. The Morgan fingerprint density at radius 2 is 1.88 bits per heavy atom. The SMILES string of the molecule is CCc1ccccc1CC(O)C(O)C(=O)OC. The van der Waals surface area contributed by atoms with Crippen molar-refractivity contribution >= 4 is 5.97 Å². The third-order valence-corrected chi connectivity index (χ3v) is 2.74. The van der Waals surface area contributed by atoms with Gasteiger partial charge in [-0.3, -0.25) is 0 Å². The maximum absolute atomic E-state index is 11.1. The van der Waals surface area contributed by atoms with Gasteiger partial charge >= 0.3 is 5.97 Å². The minimum atomic E-state index is -1.50. The molecule has 0 aliphatic carbocycles. The molecule has 0 fully saturated rings. The number of rotatable bonds is 5. The molecule has 17 heavy (non-hydrogen) atoms. The topological polar surface area (TPSA) is 66.8 Å². The number of hydrogen-bond donors (Lipinski definition) is 2. The van der Waals surface area contributed by atoms with E-state index in [0.29, 0.717) is 0 Å². The molecule has 2 atom stereocenters. The highest BCUT2D eigenvalue weighted by Crippen LogP contribution is 2.13. The van der Waals surface area contributed by atoms with Crippen molar-refractivity contribution in [2.45, 2.75) is 32.0 Å². The standard InChI is InChI=1S/C13H18O4/c1-3-9-6-4-5-7-10(9)8-11(14)12(15)13(16)17-2/h4-7,11-12,14-15H,3,8H2,1-2H3. The first-order valence-corrected chi connectivity index (χ1v) is 5.60. The normalized spacial score (nSPS) is 14.1. The number of ether oxygens (including phenoxy) is 1. The molecule has 0 aliphatic heterocycles. The maximum Gasteiger partial charge on any atom is 0.337 e. The molecule has 4 nitrogen and oxygen atoms in total. The van der Waals surface area contributed by atoms with Crippen LogP contribution < -0.4 is 0 Å². The molecule has 0 radical (unpaired) electrons. The van der Waals surface area contributed by atoms with E-state index in [4.69, 9.17) is 0 Å². The number of aliphatic hydroxyl groups excluding tert-OH is 2. The van der Waals surface area contributed by atoms with E-state index in [-0.39, 0.29) is 6.42 Å². The smallest absolute Gasteiger partial charge is 0.337 e. The highest BCUT2D eigenvalue weighted by molar-refractivity contribution is 5.74. The average molecular weight is 238 g/mol. The quantitative estimate of drug-likeness (QED) is 0.740. The Morgan fingerprint density at radius 1 is 1.29 bits per heavy atom. The average Bonchev–Trinajstić information content (AvgIpc) is 2.37. The lowest BCUT2D eigenvalue weighted by molar-refractivity contribution is -0.156. The zero-order valence-corrected chi connectivity index (χ0v) is 10.1. The molecule has 0 aromatic heterocycles. The number of hydrogen-bond acceptors (Lipinski definition) is 4. The predicted octanol–water partition coefficient (Wildman–Crippen LogP) is 0.686. The molecule has 2 unspecified atom stereocenters. The van der Waals surface area contributed by atoms with E-state index in [1.54, 1.807) is 0 Å². The van der Waals surface area contributed by atoms with Crippen molar-refractivity contribution in [1.82, 2.24) is 0 Å². The largest absolute Gasteiger partial charge is 0.467 e. The Hall–Kier alpha value is -1.39. The lowest BCUT2D eigenvalue weighted by Crippen LogP contribution is -2.36. The highest BCUT2D eigenvalue weighted by atomic mass is 16.5. The third kappa shape index (κ3) is 3.54. The Labute approximate surface area is 101 Å². The molecule has 4 heteroatoms. The van der Waals surface area contributed by atoms with Crippen LogP contribution in [0.5, 0.6) is 0 Å². The summed E-state index contributed by atoms with van der Waals surface area (Å²) >= 11 is 0. The fourth-order valence-corrected chi connectivity index (χ4v) is 1.72. The summed E-state index contributed by atoms with van der Waals surface area (Å²) < 4.78 is 4.38. The van der Waals surface area contributed by atoms with Crippen molar-refractivity contribution in [3.8, 4) is 0 Å². The summed E-state index contributed by atoms with van der Waals surface area (Å²) in [5.74, 6) is -0.813. The van der Waals surface area contributed by atoms with Crippen molar-refractivity contribution in [3.05, 3.63) is 35.4 Å². The van der Waals surface area contributed by atoms with Crippen LogP contribution in [0.2, 0.25) is 0 Å². The van der Waals surface area contributed by atoms with Crippen LogP contribution in [0.3, 0.4) is 0 Å². The highest BCUT2D eigenvalue weighted by Gasteiger charge is 2.25. The number of esters is 1. The fraction of sp³-hybridized carbons (Fsp3) is 0.462. The van der Waals surface area contributed by atoms with E-state index in [9.17, 15) is 15.0 Å². The first-order chi connectivity index (χ1) is 8.10. The minimum absolute atomic E-state index is 0.236. The van der Waals surface area contributed by atoms with Gasteiger partial charge in [0.25, 0.3) is 0 Å². The van der Waals surface area contributed by atoms with Crippen molar-refractivity contribution in [1.29, 1.82) is 0 Å². The first kappa shape index (κ1) is 13.7. The Balaban J connectivity index is 2.73. The van der Waals surface area contributed by atoms with Crippen molar-refractivity contribution in [2.24, 2.45) is 0 Å². The van der Waals surface area contributed by atoms with E-state index in [1.807, 2.05) is 31.2 Å². The van der Waals surface area contributed by atoms with Gasteiger partial charge in [-0.1, -0.05) is 31.2 Å². The Morgan fingerprint density at radius 3 is 2.41 bits per heavy atom. The van der Waals surface area contributed by atoms with Crippen LogP contribution in [0.4, 0.5) is 0 Å². The van der Waals surface area contributed by atoms with Gasteiger partial charge in [0.15, 0.2) is 6.10 Å². The second-order valence-electron chi connectivity index (χ2n) is 3.86. The summed E-state index contributed by atoms with van der Waals surface area (Å²) in [5.41, 5.74) is 2.04. The third-order valence-electron chi connectivity index (χ3n) is 2.74. The molecule has 0 saturated heterocycles. The van der Waals surface area contributed by atoms with Gasteiger partial charge in [-0.2, -0.15) is 0 Å². The second-order valence-corrected chi connectivity index (χ2v) is 3.86. The minimum Gasteiger partial charge on any atom is -0.467 e. The second kappa shape index (κ2) is 6.37. The van der Waals surface area contributed by atoms with Crippen LogP contribution in [0.1, 0.15) is 18.1 Å². The molecular formula is C13H18O4. The fourth-order valence-electron chi connectivity index (χ4n) is 1.72. The summed E-state index contributed by atoms with van der Waals surface area (Å²) in [7, 11) is 1.18. The van der Waals surface area contributed by atoms with Crippen LogP contribution >= 0.6 is 0 Å². The Bertz CT molecular complexity index is 375. The lowest BCUT2D eigenvalue weighted by atomic mass is 9.98. The van der Waals surface area contributed by atoms with Gasteiger partial charge in [0.05, 0.1) is 13.2 Å². The molecule has 0 saturated carbocycles. The summed E-state index contributed by atoms with van der Waals surface area (Å²) in [6.45, 7) is 2.02. The van der Waals surface area contributed by atoms with E-state index in [0.717, 1.165) is 17.5 Å². The van der Waals surface area contributed by atoms with E-state index < -0.39 is 18.2 Å². The molecule has 94 valence electrons. The molecule has 2 N–H and O–H groups in total. The molecular weight excluding hydrogens is 220 g/mol. The van der Waals surface area contributed by atoms with Crippen molar-refractivity contribution < 1.29 is 19.7 Å². The number of methoxy groups -OCH3 is 1. The number of carbonyl (C=O) groups is 1. The van der Waals surface area contributed by atoms with E-state index in [2.05, 4.69) is 4.74 Å². The molecule has 1 aromatic carbocycles. The molecule has 1 aromatic rings. The zero-order valence-electron chi connectivity index (χ0n) is 10.1. The van der Waals surface area contributed by atoms with Gasteiger partial charge < -0.3 is 14.9 Å². The Kier molecular flexibility index (Phi) is 5.12. The van der Waals surface area contributed by atoms with Crippen molar-refractivity contribution in [3.63, 3.8) is 0 Å². The summed E-state index contributed by atoms with van der Waals surface area (Å²) in [5, 5.41) is 19.2. The summed E-state index contributed by atoms with van der Waals surface area (Å²) in [4.78, 5) is 11.1. The molecule has 0 spiro atoms. The lowest BCUT2D eigenvalue weighted by Gasteiger charge is -2.17. The maximum atomic E-state index is 11.1. The van der Waals surface area contributed by atoms with Gasteiger partial charge in [0, 0.05) is 6.42 Å². The molecule has 0 amide bonds. The van der Waals surface area contributed by atoms with E-state index in [1.165, 1.54) is 7.11 Å². The number of aliphatic hydroxyl groups is 2. The summed E-state index contributed by atoms with van der Waals surface area (Å²) in [6, 6.07) is 7.63. The zero-order chi connectivity index (χ0) is 12.8. The van der Waals surface area contributed by atoms with E-state index >= 15 is 0 Å². The molecule has 0 bridgehead atoms. The number of benzene rings is 1.